The van der Waals surface area contributed by atoms with Crippen molar-refractivity contribution in [2.24, 2.45) is 17.3 Å². The van der Waals surface area contributed by atoms with E-state index >= 15 is 0 Å². The van der Waals surface area contributed by atoms with Gasteiger partial charge in [-0.05, 0) is 57.4 Å². The van der Waals surface area contributed by atoms with E-state index < -0.39 is 0 Å². The zero-order valence-electron chi connectivity index (χ0n) is 15.1. The Labute approximate surface area is 123 Å². The van der Waals surface area contributed by atoms with Gasteiger partial charge < -0.3 is 10.2 Å². The molecule has 0 radical (unpaired) electrons. The van der Waals surface area contributed by atoms with Crippen molar-refractivity contribution in [2.45, 2.75) is 61.3 Å². The van der Waals surface area contributed by atoms with Gasteiger partial charge in [-0.15, -0.1) is 0 Å². The molecule has 0 bridgehead atoms. The second-order valence-electron chi connectivity index (χ2n) is 6.83. The molecule has 118 valence electrons. The fourth-order valence-corrected chi connectivity index (χ4v) is 2.10. The Morgan fingerprint density at radius 1 is 1.16 bits per heavy atom. The van der Waals surface area contributed by atoms with Crippen LogP contribution in [-0.2, 0) is 0 Å². The molecule has 1 aliphatic heterocycles. The van der Waals surface area contributed by atoms with Crippen LogP contribution in [0.15, 0.2) is 0 Å². The molecule has 0 amide bonds. The molecule has 2 nitrogen and oxygen atoms in total. The third kappa shape index (κ3) is 12.7. The molecule has 0 aromatic carbocycles. The van der Waals surface area contributed by atoms with Crippen molar-refractivity contribution < 1.29 is 0 Å². The minimum absolute atomic E-state index is 0.477. The van der Waals surface area contributed by atoms with Gasteiger partial charge >= 0.3 is 0 Å². The predicted molar refractivity (Wildman–Crippen MR) is 89.8 cm³/mol. The fraction of sp³-hybridized carbons (Fsp3) is 1.00. The van der Waals surface area contributed by atoms with Crippen molar-refractivity contribution in [2.75, 3.05) is 33.7 Å². The van der Waals surface area contributed by atoms with Gasteiger partial charge in [0.25, 0.3) is 0 Å². The average Bonchev–Trinajstić information content (AvgIpc) is 2.28. The van der Waals surface area contributed by atoms with E-state index in [2.05, 4.69) is 58.9 Å². The van der Waals surface area contributed by atoms with Crippen LogP contribution < -0.4 is 5.32 Å². The van der Waals surface area contributed by atoms with Crippen molar-refractivity contribution in [3.8, 4) is 0 Å². The van der Waals surface area contributed by atoms with E-state index in [4.69, 9.17) is 0 Å². The van der Waals surface area contributed by atoms with Crippen molar-refractivity contribution in [3.63, 3.8) is 0 Å². The Balaban J connectivity index is 0. The summed E-state index contributed by atoms with van der Waals surface area (Å²) in [7, 11) is 4.30. The van der Waals surface area contributed by atoms with Crippen LogP contribution in [0.4, 0.5) is 0 Å². The van der Waals surface area contributed by atoms with Gasteiger partial charge in [-0.25, -0.2) is 0 Å². The lowest BCUT2D eigenvalue weighted by Crippen LogP contribution is -2.39. The van der Waals surface area contributed by atoms with Gasteiger partial charge in [0, 0.05) is 0 Å². The second-order valence-corrected chi connectivity index (χ2v) is 6.83. The Kier molecular flexibility index (Phi) is 13.1. The molecule has 1 saturated heterocycles. The summed E-state index contributed by atoms with van der Waals surface area (Å²) in [6.07, 6.45) is 2.63. The molecule has 0 aromatic heterocycles. The zero-order chi connectivity index (χ0) is 15.5. The van der Waals surface area contributed by atoms with Gasteiger partial charge in [0.1, 0.15) is 0 Å². The maximum atomic E-state index is 3.16. The number of hydrogen-bond donors (Lipinski definition) is 1. The van der Waals surface area contributed by atoms with E-state index in [1.54, 1.807) is 0 Å². The lowest BCUT2D eigenvalue weighted by molar-refractivity contribution is 0.199. The van der Waals surface area contributed by atoms with E-state index in [0.717, 1.165) is 11.8 Å². The van der Waals surface area contributed by atoms with Crippen molar-refractivity contribution in [1.82, 2.24) is 10.2 Å². The van der Waals surface area contributed by atoms with Crippen LogP contribution >= 0.6 is 0 Å². The summed E-state index contributed by atoms with van der Waals surface area (Å²) in [6.45, 7) is 19.3. The van der Waals surface area contributed by atoms with Crippen LogP contribution in [0.3, 0.4) is 0 Å². The molecular formula is C17H40N2. The summed E-state index contributed by atoms with van der Waals surface area (Å²) < 4.78 is 0. The standard InChI is InChI=1S/C11H25N.C4H9N.C2H6/c1-7-10(11(2,3)4)8-9-12(5)6;1-4-2-5-3-4;1-2/h10H,7-9H2,1-6H3;4-5H,2-3H2,1H3;1-2H3. The van der Waals surface area contributed by atoms with Gasteiger partial charge in [-0.3, -0.25) is 0 Å². The lowest BCUT2D eigenvalue weighted by atomic mass is 9.77. The van der Waals surface area contributed by atoms with Crippen LogP contribution in [0.25, 0.3) is 0 Å². The highest BCUT2D eigenvalue weighted by Gasteiger charge is 2.22. The molecule has 1 N–H and O–H groups in total. The van der Waals surface area contributed by atoms with E-state index in [9.17, 15) is 0 Å². The van der Waals surface area contributed by atoms with Crippen LogP contribution in [0, 0.1) is 17.3 Å². The van der Waals surface area contributed by atoms with Crippen LogP contribution in [0.5, 0.6) is 0 Å². The molecular weight excluding hydrogens is 232 g/mol. The molecule has 0 saturated carbocycles. The molecule has 1 heterocycles. The average molecular weight is 273 g/mol. The summed E-state index contributed by atoms with van der Waals surface area (Å²) in [5, 5.41) is 3.16. The van der Waals surface area contributed by atoms with Crippen molar-refractivity contribution in [3.05, 3.63) is 0 Å². The molecule has 1 aliphatic rings. The van der Waals surface area contributed by atoms with Gasteiger partial charge in [-0.2, -0.15) is 0 Å². The lowest BCUT2D eigenvalue weighted by Gasteiger charge is -2.30. The maximum absolute atomic E-state index is 3.16. The molecule has 1 fully saturated rings. The maximum Gasteiger partial charge on any atom is -0.00109 e. The molecule has 19 heavy (non-hydrogen) atoms. The minimum Gasteiger partial charge on any atom is -0.316 e. The summed E-state index contributed by atoms with van der Waals surface area (Å²) in [6, 6.07) is 0. The third-order valence-electron chi connectivity index (χ3n) is 3.63. The van der Waals surface area contributed by atoms with Gasteiger partial charge in [0.2, 0.25) is 0 Å². The predicted octanol–water partition coefficient (Wildman–Crippen LogP) is 4.26. The minimum atomic E-state index is 0.477. The highest BCUT2D eigenvalue weighted by molar-refractivity contribution is 4.73. The third-order valence-corrected chi connectivity index (χ3v) is 3.63. The smallest absolute Gasteiger partial charge is 0.00109 e. The number of nitrogens with one attached hydrogen (secondary N) is 1. The van der Waals surface area contributed by atoms with E-state index in [1.165, 1.54) is 32.5 Å². The van der Waals surface area contributed by atoms with Crippen molar-refractivity contribution in [1.29, 1.82) is 0 Å². The highest BCUT2D eigenvalue weighted by atomic mass is 15.0. The van der Waals surface area contributed by atoms with E-state index in [0.29, 0.717) is 5.41 Å². The Bertz CT molecular complexity index is 178. The first-order valence-electron chi connectivity index (χ1n) is 8.12. The Morgan fingerprint density at radius 3 is 1.74 bits per heavy atom. The quantitative estimate of drug-likeness (QED) is 0.822. The van der Waals surface area contributed by atoms with Crippen molar-refractivity contribution >= 4 is 0 Å². The largest absolute Gasteiger partial charge is 0.316 e. The second kappa shape index (κ2) is 11.7. The normalized spacial score (nSPS) is 16.7. The first-order valence-corrected chi connectivity index (χ1v) is 8.12. The molecule has 0 spiro atoms. The fourth-order valence-electron chi connectivity index (χ4n) is 2.10. The summed E-state index contributed by atoms with van der Waals surface area (Å²) in [5.41, 5.74) is 0.477. The first-order chi connectivity index (χ1) is 8.77. The first kappa shape index (κ1) is 21.2. The molecule has 1 atom stereocenters. The summed E-state index contributed by atoms with van der Waals surface area (Å²) >= 11 is 0. The Hall–Kier alpha value is -0.0800. The molecule has 2 heteroatoms. The SMILES string of the molecule is CC.CC1CNC1.CCC(CCN(C)C)C(C)(C)C. The highest BCUT2D eigenvalue weighted by Crippen LogP contribution is 2.31. The van der Waals surface area contributed by atoms with E-state index in [-0.39, 0.29) is 0 Å². The number of rotatable bonds is 4. The summed E-state index contributed by atoms with van der Waals surface area (Å²) in [4.78, 5) is 2.27. The summed E-state index contributed by atoms with van der Waals surface area (Å²) in [5.74, 6) is 1.81. The van der Waals surface area contributed by atoms with Gasteiger partial charge in [-0.1, -0.05) is 54.9 Å². The molecule has 0 aromatic rings. The molecule has 0 aliphatic carbocycles. The van der Waals surface area contributed by atoms with Crippen LogP contribution in [-0.4, -0.2) is 38.6 Å². The Morgan fingerprint density at radius 2 is 1.58 bits per heavy atom. The van der Waals surface area contributed by atoms with Gasteiger partial charge in [0.05, 0.1) is 0 Å². The van der Waals surface area contributed by atoms with Crippen LogP contribution in [0.1, 0.15) is 61.3 Å². The van der Waals surface area contributed by atoms with E-state index in [1.807, 2.05) is 13.8 Å². The molecule has 1 rings (SSSR count). The zero-order valence-corrected chi connectivity index (χ0v) is 15.1. The van der Waals surface area contributed by atoms with Crippen LogP contribution in [0.2, 0.25) is 0 Å². The topological polar surface area (TPSA) is 15.3 Å². The number of hydrogen-bond acceptors (Lipinski definition) is 2. The molecule has 1 unspecified atom stereocenters. The number of nitrogens with zero attached hydrogens (tertiary/aromatic N) is 1. The monoisotopic (exact) mass is 272 g/mol. The van der Waals surface area contributed by atoms with Gasteiger partial charge in [0.15, 0.2) is 0 Å².